The number of benzene rings is 1. The van der Waals surface area contributed by atoms with Crippen molar-refractivity contribution in [2.24, 2.45) is 0 Å². The van der Waals surface area contributed by atoms with Crippen LogP contribution in [0.3, 0.4) is 0 Å². The van der Waals surface area contributed by atoms with Crippen LogP contribution in [0, 0.1) is 0 Å². The molecule has 0 saturated carbocycles. The molecule has 3 aliphatic rings. The largest absolute Gasteiger partial charge is 0.493 e. The van der Waals surface area contributed by atoms with Crippen LogP contribution in [0.25, 0.3) is 0 Å². The first-order valence-corrected chi connectivity index (χ1v) is 9.92. The molecule has 0 radical (unpaired) electrons. The maximum absolute atomic E-state index is 12.7. The van der Waals surface area contributed by atoms with Crippen molar-refractivity contribution in [3.05, 3.63) is 29.3 Å². The van der Waals surface area contributed by atoms with E-state index in [0.29, 0.717) is 64.5 Å². The third-order valence-electron chi connectivity index (χ3n) is 5.65. The number of aliphatic hydroxyl groups is 1. The van der Waals surface area contributed by atoms with Crippen LogP contribution < -0.4 is 10.1 Å². The van der Waals surface area contributed by atoms with Crippen LogP contribution in [0.2, 0.25) is 0 Å². The van der Waals surface area contributed by atoms with Crippen molar-refractivity contribution in [2.75, 3.05) is 52.5 Å². The Morgan fingerprint density at radius 1 is 1.18 bits per heavy atom. The molecular formula is C20H27N3O5. The SMILES string of the molecule is O=C(N[C@@H]1CN(CC(=O)N2CCOCC2)CC[C@@H]1O)c1ccc2c(c1)CCO2. The number of carbonyl (C=O) groups excluding carboxylic acids is 2. The third kappa shape index (κ3) is 4.29. The molecule has 0 aliphatic carbocycles. The van der Waals surface area contributed by atoms with Gasteiger partial charge in [-0.1, -0.05) is 0 Å². The lowest BCUT2D eigenvalue weighted by Crippen LogP contribution is -2.57. The maximum atomic E-state index is 12.7. The maximum Gasteiger partial charge on any atom is 0.251 e. The summed E-state index contributed by atoms with van der Waals surface area (Å²) >= 11 is 0. The van der Waals surface area contributed by atoms with Crippen LogP contribution in [0.15, 0.2) is 18.2 Å². The summed E-state index contributed by atoms with van der Waals surface area (Å²) < 4.78 is 10.8. The molecule has 152 valence electrons. The molecule has 4 rings (SSSR count). The van der Waals surface area contributed by atoms with Gasteiger partial charge in [0.2, 0.25) is 5.91 Å². The number of aliphatic hydroxyl groups excluding tert-OH is 1. The summed E-state index contributed by atoms with van der Waals surface area (Å²) in [6.45, 7) is 4.44. The van der Waals surface area contributed by atoms with Crippen LogP contribution in [0.5, 0.6) is 5.75 Å². The highest BCUT2D eigenvalue weighted by Crippen LogP contribution is 2.26. The fraction of sp³-hybridized carbons (Fsp3) is 0.600. The van der Waals surface area contributed by atoms with E-state index in [4.69, 9.17) is 9.47 Å². The first kappa shape index (κ1) is 19.2. The number of hydrogen-bond donors (Lipinski definition) is 2. The molecule has 2 fully saturated rings. The minimum Gasteiger partial charge on any atom is -0.493 e. The Labute approximate surface area is 164 Å². The number of ether oxygens (including phenoxy) is 2. The highest BCUT2D eigenvalue weighted by molar-refractivity contribution is 5.95. The lowest BCUT2D eigenvalue weighted by molar-refractivity contribution is -0.137. The van der Waals surface area contributed by atoms with E-state index >= 15 is 0 Å². The van der Waals surface area contributed by atoms with E-state index in [2.05, 4.69) is 5.32 Å². The zero-order valence-corrected chi connectivity index (χ0v) is 15.9. The van der Waals surface area contributed by atoms with E-state index in [-0.39, 0.29) is 11.8 Å². The van der Waals surface area contributed by atoms with Crippen molar-refractivity contribution in [2.45, 2.75) is 25.0 Å². The summed E-state index contributed by atoms with van der Waals surface area (Å²) in [5.74, 6) is 0.700. The average molecular weight is 389 g/mol. The summed E-state index contributed by atoms with van der Waals surface area (Å²) in [5, 5.41) is 13.3. The Hall–Kier alpha value is -2.16. The summed E-state index contributed by atoms with van der Waals surface area (Å²) in [4.78, 5) is 29.0. The van der Waals surface area contributed by atoms with Crippen LogP contribution in [-0.4, -0.2) is 91.4 Å². The molecule has 3 aliphatic heterocycles. The Balaban J connectivity index is 1.34. The lowest BCUT2D eigenvalue weighted by Gasteiger charge is -2.37. The number of amides is 2. The molecule has 2 saturated heterocycles. The van der Waals surface area contributed by atoms with Gasteiger partial charge in [0.1, 0.15) is 5.75 Å². The van der Waals surface area contributed by atoms with Gasteiger partial charge in [-0.15, -0.1) is 0 Å². The number of likely N-dealkylation sites (tertiary alicyclic amines) is 1. The number of hydrogen-bond acceptors (Lipinski definition) is 6. The molecule has 0 bridgehead atoms. The minimum atomic E-state index is -0.614. The van der Waals surface area contributed by atoms with Crippen molar-refractivity contribution in [3.63, 3.8) is 0 Å². The van der Waals surface area contributed by atoms with Gasteiger partial charge in [0.25, 0.3) is 5.91 Å². The first-order valence-electron chi connectivity index (χ1n) is 9.92. The van der Waals surface area contributed by atoms with Crippen molar-refractivity contribution >= 4 is 11.8 Å². The van der Waals surface area contributed by atoms with Gasteiger partial charge in [-0.3, -0.25) is 14.5 Å². The third-order valence-corrected chi connectivity index (χ3v) is 5.65. The highest BCUT2D eigenvalue weighted by Gasteiger charge is 2.31. The van der Waals surface area contributed by atoms with Gasteiger partial charge in [0.05, 0.1) is 38.5 Å². The second kappa shape index (κ2) is 8.46. The smallest absolute Gasteiger partial charge is 0.251 e. The van der Waals surface area contributed by atoms with Gasteiger partial charge in [-0.2, -0.15) is 0 Å². The number of carbonyl (C=O) groups is 2. The highest BCUT2D eigenvalue weighted by atomic mass is 16.5. The summed E-state index contributed by atoms with van der Waals surface area (Å²) in [6, 6.07) is 5.02. The molecular weight excluding hydrogens is 362 g/mol. The molecule has 3 heterocycles. The van der Waals surface area contributed by atoms with Crippen LogP contribution >= 0.6 is 0 Å². The fourth-order valence-corrected chi connectivity index (χ4v) is 3.98. The molecule has 0 spiro atoms. The molecule has 0 unspecified atom stereocenters. The predicted molar refractivity (Wildman–Crippen MR) is 101 cm³/mol. The van der Waals surface area contributed by atoms with Gasteiger partial charge in [-0.25, -0.2) is 0 Å². The Bertz CT molecular complexity index is 735. The Morgan fingerprint density at radius 2 is 2.00 bits per heavy atom. The van der Waals surface area contributed by atoms with Gasteiger partial charge in [0.15, 0.2) is 0 Å². The first-order chi connectivity index (χ1) is 13.6. The molecule has 8 heteroatoms. The molecule has 8 nitrogen and oxygen atoms in total. The Kier molecular flexibility index (Phi) is 5.79. The lowest BCUT2D eigenvalue weighted by atomic mass is 10.0. The van der Waals surface area contributed by atoms with E-state index in [1.807, 2.05) is 21.9 Å². The number of nitrogens with zero attached hydrogens (tertiary/aromatic N) is 2. The van der Waals surface area contributed by atoms with Gasteiger partial charge < -0.3 is 24.8 Å². The summed E-state index contributed by atoms with van der Waals surface area (Å²) in [5.41, 5.74) is 1.60. The minimum absolute atomic E-state index is 0.0726. The van der Waals surface area contributed by atoms with E-state index in [0.717, 1.165) is 17.7 Å². The zero-order chi connectivity index (χ0) is 19.5. The Morgan fingerprint density at radius 3 is 2.82 bits per heavy atom. The van der Waals surface area contributed by atoms with E-state index in [1.165, 1.54) is 0 Å². The number of rotatable bonds is 4. The van der Waals surface area contributed by atoms with Crippen LogP contribution in [-0.2, 0) is 16.0 Å². The quantitative estimate of drug-likeness (QED) is 0.731. The second-order valence-electron chi connectivity index (χ2n) is 7.59. The molecule has 1 aromatic rings. The molecule has 2 amide bonds. The van der Waals surface area contributed by atoms with Crippen molar-refractivity contribution in [3.8, 4) is 5.75 Å². The molecule has 2 atom stereocenters. The van der Waals surface area contributed by atoms with Gasteiger partial charge in [-0.05, 0) is 30.2 Å². The molecule has 2 N–H and O–H groups in total. The fourth-order valence-electron chi connectivity index (χ4n) is 3.98. The summed E-state index contributed by atoms with van der Waals surface area (Å²) in [7, 11) is 0. The van der Waals surface area contributed by atoms with Crippen LogP contribution in [0.4, 0.5) is 0 Å². The van der Waals surface area contributed by atoms with Crippen LogP contribution in [0.1, 0.15) is 22.3 Å². The zero-order valence-electron chi connectivity index (χ0n) is 15.9. The van der Waals surface area contributed by atoms with Gasteiger partial charge in [0, 0.05) is 38.2 Å². The topological polar surface area (TPSA) is 91.3 Å². The van der Waals surface area contributed by atoms with Crippen molar-refractivity contribution in [1.82, 2.24) is 15.1 Å². The number of morpholine rings is 1. The summed E-state index contributed by atoms with van der Waals surface area (Å²) in [6.07, 6.45) is 0.718. The second-order valence-corrected chi connectivity index (χ2v) is 7.59. The number of nitrogens with one attached hydrogen (secondary N) is 1. The monoisotopic (exact) mass is 389 g/mol. The van der Waals surface area contributed by atoms with Gasteiger partial charge >= 0.3 is 0 Å². The number of piperidine rings is 1. The molecule has 1 aromatic carbocycles. The van der Waals surface area contributed by atoms with Crippen molar-refractivity contribution < 1.29 is 24.2 Å². The van der Waals surface area contributed by atoms with E-state index in [1.54, 1.807) is 6.07 Å². The normalized spacial score (nSPS) is 25.1. The standard InChI is InChI=1S/C20H27N3O5/c24-17-3-5-22(13-19(25)23-6-9-27-10-7-23)12-16(17)21-20(26)15-1-2-18-14(11-15)4-8-28-18/h1-2,11,16-17,24H,3-10,12-13H2,(H,21,26)/t16-,17+/m1/s1. The van der Waals surface area contributed by atoms with Crippen molar-refractivity contribution in [1.29, 1.82) is 0 Å². The molecule has 28 heavy (non-hydrogen) atoms. The average Bonchev–Trinajstić information content (AvgIpc) is 3.19. The van der Waals surface area contributed by atoms with E-state index < -0.39 is 12.1 Å². The predicted octanol–water partition coefficient (Wildman–Crippen LogP) is -0.355. The van der Waals surface area contributed by atoms with E-state index in [9.17, 15) is 14.7 Å². The molecule has 0 aromatic heterocycles. The number of fused-ring (bicyclic) bond motifs is 1.